The van der Waals surface area contributed by atoms with E-state index >= 15 is 0 Å². The van der Waals surface area contributed by atoms with Gasteiger partial charge in [-0.05, 0) is 43.7 Å². The highest BCUT2D eigenvalue weighted by Crippen LogP contribution is 2.24. The average Bonchev–Trinajstić information content (AvgIpc) is 3.12. The Kier molecular flexibility index (Phi) is 6.98. The Balaban J connectivity index is 1.69. The number of rotatable bonds is 7. The van der Waals surface area contributed by atoms with Crippen LogP contribution in [0.5, 0.6) is 5.75 Å². The maximum atomic E-state index is 12.5. The minimum Gasteiger partial charge on any atom is -0.487 e. The molecule has 6 nitrogen and oxygen atoms in total. The number of ether oxygens (including phenoxy) is 1. The fraction of sp³-hybridized carbons (Fsp3) is 0.174. The fourth-order valence-electron chi connectivity index (χ4n) is 2.78. The van der Waals surface area contributed by atoms with Gasteiger partial charge in [-0.15, -0.1) is 11.3 Å². The Bertz CT molecular complexity index is 1090. The predicted molar refractivity (Wildman–Crippen MR) is 121 cm³/mol. The number of anilines is 2. The summed E-state index contributed by atoms with van der Waals surface area (Å²) in [6, 6.07) is 12.9. The van der Waals surface area contributed by atoms with E-state index in [0.29, 0.717) is 23.7 Å². The van der Waals surface area contributed by atoms with E-state index < -0.39 is 0 Å². The van der Waals surface area contributed by atoms with Gasteiger partial charge in [0.1, 0.15) is 12.4 Å². The number of carbonyl (C=O) groups excluding carboxylic acids is 2. The van der Waals surface area contributed by atoms with Crippen molar-refractivity contribution in [3.63, 3.8) is 0 Å². The number of aromatic nitrogens is 1. The predicted octanol–water partition coefficient (Wildman–Crippen LogP) is 4.95. The molecule has 0 unspecified atom stereocenters. The summed E-state index contributed by atoms with van der Waals surface area (Å²) in [5, 5.41) is 8.50. The van der Waals surface area contributed by atoms with Gasteiger partial charge < -0.3 is 15.4 Å². The molecule has 3 aromatic rings. The Hall–Kier alpha value is -3.45. The minimum atomic E-state index is -0.308. The first kappa shape index (κ1) is 21.3. The van der Waals surface area contributed by atoms with E-state index in [1.807, 2.05) is 55.6 Å². The molecule has 0 saturated heterocycles. The van der Waals surface area contributed by atoms with E-state index in [1.54, 1.807) is 23.5 Å². The summed E-state index contributed by atoms with van der Waals surface area (Å²) >= 11 is 1.58. The third-order valence-corrected chi connectivity index (χ3v) is 4.94. The second-order valence-corrected chi connectivity index (χ2v) is 7.80. The molecule has 0 fully saturated rings. The Morgan fingerprint density at radius 3 is 2.63 bits per heavy atom. The van der Waals surface area contributed by atoms with Gasteiger partial charge in [-0.3, -0.25) is 9.59 Å². The third kappa shape index (κ3) is 6.02. The van der Waals surface area contributed by atoms with Crippen molar-refractivity contribution in [2.24, 2.45) is 0 Å². The molecule has 0 atom stereocenters. The summed E-state index contributed by atoms with van der Waals surface area (Å²) in [4.78, 5) is 28.3. The average molecular weight is 422 g/mol. The van der Waals surface area contributed by atoms with E-state index in [-0.39, 0.29) is 11.8 Å². The monoisotopic (exact) mass is 421 g/mol. The molecular formula is C23H23N3O3S. The van der Waals surface area contributed by atoms with Gasteiger partial charge in [0.15, 0.2) is 0 Å². The number of benzene rings is 2. The number of hydrogen-bond donors (Lipinski definition) is 2. The number of hydrogen-bond acceptors (Lipinski definition) is 5. The van der Waals surface area contributed by atoms with Crippen molar-refractivity contribution in [2.45, 2.75) is 27.4 Å². The normalized spacial score (nSPS) is 10.8. The van der Waals surface area contributed by atoms with Crippen LogP contribution in [0.2, 0.25) is 0 Å². The molecule has 0 aliphatic heterocycles. The number of aryl methyl sites for hydroxylation is 2. The molecule has 1 heterocycles. The lowest BCUT2D eigenvalue weighted by Gasteiger charge is -2.11. The third-order valence-electron chi connectivity index (χ3n) is 4.12. The smallest absolute Gasteiger partial charge is 0.248 e. The van der Waals surface area contributed by atoms with E-state index in [9.17, 15) is 9.59 Å². The van der Waals surface area contributed by atoms with Gasteiger partial charge in [-0.1, -0.05) is 24.3 Å². The topological polar surface area (TPSA) is 80.3 Å². The van der Waals surface area contributed by atoms with E-state index in [0.717, 1.165) is 21.8 Å². The first-order valence-electron chi connectivity index (χ1n) is 9.41. The van der Waals surface area contributed by atoms with Gasteiger partial charge in [0, 0.05) is 23.9 Å². The van der Waals surface area contributed by atoms with Crippen molar-refractivity contribution < 1.29 is 14.3 Å². The van der Waals surface area contributed by atoms with Crippen LogP contribution in [0.1, 0.15) is 28.8 Å². The summed E-state index contributed by atoms with van der Waals surface area (Å²) in [5.74, 6) is 0.158. The maximum absolute atomic E-state index is 12.5. The zero-order valence-electron chi connectivity index (χ0n) is 17.1. The molecule has 2 aromatic carbocycles. The van der Waals surface area contributed by atoms with Gasteiger partial charge in [0.05, 0.1) is 22.1 Å². The molecule has 0 aliphatic carbocycles. The molecule has 7 heteroatoms. The quantitative estimate of drug-likeness (QED) is 0.529. The van der Waals surface area contributed by atoms with Crippen LogP contribution in [-0.4, -0.2) is 16.8 Å². The highest BCUT2D eigenvalue weighted by Gasteiger charge is 2.08. The number of carbonyl (C=O) groups is 2. The van der Waals surface area contributed by atoms with E-state index in [1.165, 1.54) is 13.0 Å². The van der Waals surface area contributed by atoms with Crippen LogP contribution in [0.25, 0.3) is 6.08 Å². The van der Waals surface area contributed by atoms with Crippen molar-refractivity contribution in [2.75, 3.05) is 10.6 Å². The molecule has 2 N–H and O–H groups in total. The second-order valence-electron chi connectivity index (χ2n) is 6.74. The van der Waals surface area contributed by atoms with Crippen LogP contribution < -0.4 is 15.4 Å². The fourth-order valence-corrected chi connectivity index (χ4v) is 3.37. The van der Waals surface area contributed by atoms with Crippen molar-refractivity contribution in [3.05, 3.63) is 75.7 Å². The molecule has 0 aliphatic rings. The van der Waals surface area contributed by atoms with Crippen molar-refractivity contribution in [3.8, 4) is 5.75 Å². The van der Waals surface area contributed by atoms with Gasteiger partial charge >= 0.3 is 0 Å². The van der Waals surface area contributed by atoms with Gasteiger partial charge in [0.2, 0.25) is 11.8 Å². The van der Waals surface area contributed by atoms with Crippen LogP contribution >= 0.6 is 11.3 Å². The molecule has 0 bridgehead atoms. The molecule has 1 aromatic heterocycles. The standard InChI is InChI=1S/C23H23N3O3S/c1-15-8-10-20(24-16(2)27)21(12-15)26-23(28)11-9-18-6-4-5-7-22(18)29-13-19-14-30-17(3)25-19/h4-12,14H,13H2,1-3H3,(H,24,27)(H,26,28)/b11-9+. The molecule has 0 radical (unpaired) electrons. The summed E-state index contributed by atoms with van der Waals surface area (Å²) < 4.78 is 5.88. The first-order valence-corrected chi connectivity index (χ1v) is 10.3. The van der Waals surface area contributed by atoms with Crippen LogP contribution in [0.3, 0.4) is 0 Å². The van der Waals surface area contributed by atoms with Gasteiger partial charge in [-0.25, -0.2) is 4.98 Å². The maximum Gasteiger partial charge on any atom is 0.248 e. The second kappa shape index (κ2) is 9.84. The van der Waals surface area contributed by atoms with Gasteiger partial charge in [0.25, 0.3) is 0 Å². The van der Waals surface area contributed by atoms with Gasteiger partial charge in [-0.2, -0.15) is 0 Å². The number of nitrogens with zero attached hydrogens (tertiary/aromatic N) is 1. The summed E-state index contributed by atoms with van der Waals surface area (Å²) in [5.41, 5.74) is 3.73. The van der Waals surface area contributed by atoms with Crippen LogP contribution in [0, 0.1) is 13.8 Å². The van der Waals surface area contributed by atoms with Crippen LogP contribution in [0.4, 0.5) is 11.4 Å². The molecule has 3 rings (SSSR count). The summed E-state index contributed by atoms with van der Waals surface area (Å²) in [6.07, 6.45) is 3.14. The largest absolute Gasteiger partial charge is 0.487 e. The van der Waals surface area contributed by atoms with Crippen molar-refractivity contribution in [1.82, 2.24) is 4.98 Å². The number of amides is 2. The lowest BCUT2D eigenvalue weighted by molar-refractivity contribution is -0.114. The van der Waals surface area contributed by atoms with Crippen LogP contribution in [0.15, 0.2) is 53.9 Å². The molecule has 154 valence electrons. The zero-order valence-corrected chi connectivity index (χ0v) is 17.9. The van der Waals surface area contributed by atoms with Crippen molar-refractivity contribution >= 4 is 40.6 Å². The summed E-state index contributed by atoms with van der Waals surface area (Å²) in [6.45, 7) is 5.66. The molecule has 0 saturated carbocycles. The SMILES string of the molecule is CC(=O)Nc1ccc(C)cc1NC(=O)/C=C/c1ccccc1OCc1csc(C)n1. The zero-order chi connectivity index (χ0) is 21.5. The molecule has 0 spiro atoms. The number of nitrogens with one attached hydrogen (secondary N) is 2. The molecule has 2 amide bonds. The highest BCUT2D eigenvalue weighted by molar-refractivity contribution is 7.09. The van der Waals surface area contributed by atoms with Crippen LogP contribution in [-0.2, 0) is 16.2 Å². The summed E-state index contributed by atoms with van der Waals surface area (Å²) in [7, 11) is 0. The Morgan fingerprint density at radius 1 is 1.10 bits per heavy atom. The Labute approximate surface area is 179 Å². The lowest BCUT2D eigenvalue weighted by Crippen LogP contribution is -2.13. The van der Waals surface area contributed by atoms with Crippen molar-refractivity contribution in [1.29, 1.82) is 0 Å². The van der Waals surface area contributed by atoms with E-state index in [4.69, 9.17) is 4.74 Å². The van der Waals surface area contributed by atoms with E-state index in [2.05, 4.69) is 15.6 Å². The highest BCUT2D eigenvalue weighted by atomic mass is 32.1. The minimum absolute atomic E-state index is 0.203. The lowest BCUT2D eigenvalue weighted by atomic mass is 10.1. The number of thiazole rings is 1. The molecular weight excluding hydrogens is 398 g/mol. The number of para-hydroxylation sites is 1. The molecule has 30 heavy (non-hydrogen) atoms. The Morgan fingerprint density at radius 2 is 1.90 bits per heavy atom. The first-order chi connectivity index (χ1) is 14.4.